The van der Waals surface area contributed by atoms with E-state index in [-0.39, 0.29) is 12.4 Å². The summed E-state index contributed by atoms with van der Waals surface area (Å²) in [7, 11) is 1.75. The van der Waals surface area contributed by atoms with Crippen molar-refractivity contribution in [1.29, 1.82) is 0 Å². The number of anilines is 1. The lowest BCUT2D eigenvalue weighted by Gasteiger charge is -2.16. The van der Waals surface area contributed by atoms with Crippen LogP contribution in [-0.4, -0.2) is 43.3 Å². The summed E-state index contributed by atoms with van der Waals surface area (Å²) < 4.78 is 37.9. The molecule has 2 aromatic heterocycles. The molecule has 2 aromatic rings. The molecule has 0 spiro atoms. The third kappa shape index (κ3) is 4.67. The van der Waals surface area contributed by atoms with Crippen molar-refractivity contribution in [1.82, 2.24) is 30.1 Å². The van der Waals surface area contributed by atoms with Crippen molar-refractivity contribution < 1.29 is 13.2 Å². The number of tetrazole rings is 1. The molecule has 0 aliphatic heterocycles. The van der Waals surface area contributed by atoms with E-state index in [2.05, 4.69) is 20.5 Å². The lowest BCUT2D eigenvalue weighted by atomic mass is 10.2. The molecule has 10 heteroatoms. The molecule has 2 rings (SSSR count). The fourth-order valence-corrected chi connectivity index (χ4v) is 1.77. The third-order valence-corrected chi connectivity index (χ3v) is 2.65. The van der Waals surface area contributed by atoms with Gasteiger partial charge in [0.1, 0.15) is 12.4 Å². The fourth-order valence-electron chi connectivity index (χ4n) is 1.77. The minimum absolute atomic E-state index is 0.151. The normalized spacial score (nSPS) is 12.0. The average molecular weight is 301 g/mol. The number of rotatable bonds is 5. The number of nitrogen functional groups attached to an aromatic ring is 1. The van der Waals surface area contributed by atoms with Crippen molar-refractivity contribution in [2.45, 2.75) is 25.8 Å². The molecular weight excluding hydrogens is 287 g/mol. The Hall–Kier alpha value is -2.23. The van der Waals surface area contributed by atoms with Crippen LogP contribution in [0.4, 0.5) is 19.0 Å². The van der Waals surface area contributed by atoms with Crippen molar-refractivity contribution in [3.63, 3.8) is 0 Å². The minimum atomic E-state index is -4.36. The Morgan fingerprint density at radius 1 is 1.29 bits per heavy atom. The summed E-state index contributed by atoms with van der Waals surface area (Å²) in [6.07, 6.45) is -2.74. The molecule has 0 saturated carbocycles. The van der Waals surface area contributed by atoms with Crippen LogP contribution in [0.1, 0.15) is 11.4 Å². The van der Waals surface area contributed by atoms with Crippen LogP contribution in [0.15, 0.2) is 18.3 Å². The molecule has 7 nitrogen and oxygen atoms in total. The van der Waals surface area contributed by atoms with E-state index in [1.807, 2.05) is 0 Å². The Morgan fingerprint density at radius 2 is 2.05 bits per heavy atom. The molecule has 0 bridgehead atoms. The van der Waals surface area contributed by atoms with E-state index in [0.717, 1.165) is 10.2 Å². The minimum Gasteiger partial charge on any atom is -0.384 e. The summed E-state index contributed by atoms with van der Waals surface area (Å²) in [6.45, 7) is -0.522. The van der Waals surface area contributed by atoms with Gasteiger partial charge in [0, 0.05) is 12.7 Å². The van der Waals surface area contributed by atoms with Gasteiger partial charge in [-0.3, -0.25) is 4.90 Å². The molecule has 0 aliphatic rings. The first-order valence-electron chi connectivity index (χ1n) is 6.04. The quantitative estimate of drug-likeness (QED) is 0.881. The van der Waals surface area contributed by atoms with Gasteiger partial charge in [0.05, 0.1) is 6.54 Å². The van der Waals surface area contributed by atoms with Gasteiger partial charge < -0.3 is 5.73 Å². The highest BCUT2D eigenvalue weighted by molar-refractivity contribution is 5.29. The highest BCUT2D eigenvalue weighted by Gasteiger charge is 2.30. The lowest BCUT2D eigenvalue weighted by molar-refractivity contribution is -0.143. The summed E-state index contributed by atoms with van der Waals surface area (Å²) in [6, 6.07) is 3.47. The third-order valence-electron chi connectivity index (χ3n) is 2.65. The molecule has 0 unspecified atom stereocenters. The van der Waals surface area contributed by atoms with Gasteiger partial charge in [0.25, 0.3) is 0 Å². The number of aromatic nitrogens is 5. The van der Waals surface area contributed by atoms with E-state index >= 15 is 0 Å². The molecule has 0 fully saturated rings. The molecule has 0 radical (unpaired) electrons. The molecule has 0 saturated heterocycles. The highest BCUT2D eigenvalue weighted by atomic mass is 19.4. The van der Waals surface area contributed by atoms with E-state index in [0.29, 0.717) is 12.4 Å². The van der Waals surface area contributed by atoms with Gasteiger partial charge in [-0.1, -0.05) is 6.07 Å². The van der Waals surface area contributed by atoms with Gasteiger partial charge in [-0.2, -0.15) is 13.2 Å². The van der Waals surface area contributed by atoms with Crippen molar-refractivity contribution >= 4 is 5.82 Å². The summed E-state index contributed by atoms with van der Waals surface area (Å²) in [5.41, 5.74) is 6.37. The number of nitrogens with two attached hydrogens (primary N) is 1. The molecule has 2 N–H and O–H groups in total. The zero-order chi connectivity index (χ0) is 15.5. The van der Waals surface area contributed by atoms with Crippen molar-refractivity contribution in [2.24, 2.45) is 0 Å². The van der Waals surface area contributed by atoms with Crippen molar-refractivity contribution in [3.8, 4) is 0 Å². The van der Waals surface area contributed by atoms with Crippen LogP contribution >= 0.6 is 0 Å². The molecule has 2 heterocycles. The summed E-state index contributed by atoms with van der Waals surface area (Å²) in [5, 5.41) is 10.3. The topological polar surface area (TPSA) is 85.8 Å². The van der Waals surface area contributed by atoms with Crippen LogP contribution < -0.4 is 5.73 Å². The Morgan fingerprint density at radius 3 is 2.67 bits per heavy atom. The zero-order valence-electron chi connectivity index (χ0n) is 11.2. The Kier molecular flexibility index (Phi) is 4.36. The van der Waals surface area contributed by atoms with Gasteiger partial charge >= 0.3 is 6.18 Å². The van der Waals surface area contributed by atoms with Crippen LogP contribution in [0.25, 0.3) is 0 Å². The smallest absolute Gasteiger partial charge is 0.384 e. The molecular formula is C11H14F3N7. The largest absolute Gasteiger partial charge is 0.408 e. The second-order valence-corrected chi connectivity index (χ2v) is 4.63. The van der Waals surface area contributed by atoms with Crippen LogP contribution in [-0.2, 0) is 19.6 Å². The Labute approximate surface area is 118 Å². The predicted octanol–water partition coefficient (Wildman–Crippen LogP) is 0.845. The average Bonchev–Trinajstić information content (AvgIpc) is 2.77. The standard InChI is InChI=1S/C11H14F3N7/c1-20(5-8-2-3-9(15)16-4-8)6-10-17-18-19-21(10)7-11(12,13)14/h2-4H,5-7H2,1H3,(H2,15,16). The summed E-state index contributed by atoms with van der Waals surface area (Å²) in [5.74, 6) is 0.564. The predicted molar refractivity (Wildman–Crippen MR) is 67.7 cm³/mol. The zero-order valence-corrected chi connectivity index (χ0v) is 11.2. The number of halogens is 3. The van der Waals surface area contributed by atoms with E-state index in [9.17, 15) is 13.2 Å². The summed E-state index contributed by atoms with van der Waals surface area (Å²) >= 11 is 0. The second-order valence-electron chi connectivity index (χ2n) is 4.63. The molecule has 114 valence electrons. The van der Waals surface area contributed by atoms with Crippen LogP contribution in [0.3, 0.4) is 0 Å². The van der Waals surface area contributed by atoms with Gasteiger partial charge in [0.2, 0.25) is 0 Å². The highest BCUT2D eigenvalue weighted by Crippen LogP contribution is 2.17. The maximum absolute atomic E-state index is 12.4. The van der Waals surface area contributed by atoms with Gasteiger partial charge in [-0.25, -0.2) is 9.67 Å². The number of hydrogen-bond donors (Lipinski definition) is 1. The first kappa shape index (κ1) is 15.2. The van der Waals surface area contributed by atoms with E-state index < -0.39 is 12.7 Å². The molecule has 0 amide bonds. The number of alkyl halides is 3. The second kappa shape index (κ2) is 6.04. The number of hydrogen-bond acceptors (Lipinski definition) is 6. The summed E-state index contributed by atoms with van der Waals surface area (Å²) in [4.78, 5) is 5.74. The monoisotopic (exact) mass is 301 g/mol. The van der Waals surface area contributed by atoms with Crippen LogP contribution in [0.2, 0.25) is 0 Å². The van der Waals surface area contributed by atoms with Crippen molar-refractivity contribution in [2.75, 3.05) is 12.8 Å². The Balaban J connectivity index is 1.98. The van der Waals surface area contributed by atoms with E-state index in [4.69, 9.17) is 5.73 Å². The van der Waals surface area contributed by atoms with Gasteiger partial charge in [-0.15, -0.1) is 5.10 Å². The van der Waals surface area contributed by atoms with E-state index in [1.165, 1.54) is 0 Å². The molecule has 0 atom stereocenters. The lowest BCUT2D eigenvalue weighted by Crippen LogP contribution is -2.25. The van der Waals surface area contributed by atoms with Gasteiger partial charge in [-0.05, 0) is 29.1 Å². The maximum Gasteiger partial charge on any atom is 0.408 e. The van der Waals surface area contributed by atoms with E-state index in [1.54, 1.807) is 30.3 Å². The Bertz CT molecular complexity index is 578. The fraction of sp³-hybridized carbons (Fsp3) is 0.455. The van der Waals surface area contributed by atoms with Gasteiger partial charge in [0.15, 0.2) is 5.82 Å². The van der Waals surface area contributed by atoms with Crippen molar-refractivity contribution in [3.05, 3.63) is 29.7 Å². The molecule has 21 heavy (non-hydrogen) atoms. The number of pyridine rings is 1. The SMILES string of the molecule is CN(Cc1ccc(N)nc1)Cc1nnnn1CC(F)(F)F. The molecule has 0 aromatic carbocycles. The number of nitrogens with zero attached hydrogens (tertiary/aromatic N) is 6. The molecule has 0 aliphatic carbocycles. The first-order chi connectivity index (χ1) is 9.83. The maximum atomic E-state index is 12.4. The van der Waals surface area contributed by atoms with Crippen LogP contribution in [0, 0.1) is 0 Å². The first-order valence-corrected chi connectivity index (χ1v) is 6.04. The van der Waals surface area contributed by atoms with Crippen LogP contribution in [0.5, 0.6) is 0 Å².